The molecule has 1 fully saturated rings. The van der Waals surface area contributed by atoms with Gasteiger partial charge in [0.1, 0.15) is 0 Å². The van der Waals surface area contributed by atoms with E-state index in [2.05, 4.69) is 9.55 Å². The van der Waals surface area contributed by atoms with Crippen LogP contribution < -0.4 is 0 Å². The van der Waals surface area contributed by atoms with Crippen molar-refractivity contribution in [2.75, 3.05) is 0 Å². The Hall–Kier alpha value is -0.440. The van der Waals surface area contributed by atoms with E-state index < -0.39 is 0 Å². The zero-order chi connectivity index (χ0) is 6.97. The molecular weight excluding hydrogens is 144 g/mol. The Morgan fingerprint density at radius 3 is 3.00 bits per heavy atom. The summed E-state index contributed by atoms with van der Waals surface area (Å²) in [5.41, 5.74) is 0. The van der Waals surface area contributed by atoms with E-state index >= 15 is 0 Å². The number of rotatable bonds is 2. The summed E-state index contributed by atoms with van der Waals surface area (Å²) in [6.45, 7) is 0. The van der Waals surface area contributed by atoms with E-state index in [1.54, 1.807) is 0 Å². The van der Waals surface area contributed by atoms with Crippen molar-refractivity contribution in [3.8, 4) is 0 Å². The van der Waals surface area contributed by atoms with Gasteiger partial charge in [0.15, 0.2) is 5.16 Å². The number of nitrogens with zero attached hydrogens (tertiary/aromatic N) is 2. The average molecular weight is 154 g/mol. The Bertz CT molecular complexity index is 227. The summed E-state index contributed by atoms with van der Waals surface area (Å²) >= 11 is 1.89. The molecule has 54 valence electrons. The van der Waals surface area contributed by atoms with Gasteiger partial charge in [-0.1, -0.05) is 11.8 Å². The second kappa shape index (κ2) is 2.31. The van der Waals surface area contributed by atoms with E-state index in [1.807, 2.05) is 31.2 Å². The topological polar surface area (TPSA) is 17.8 Å². The van der Waals surface area contributed by atoms with Crippen LogP contribution in [0.2, 0.25) is 0 Å². The van der Waals surface area contributed by atoms with Gasteiger partial charge in [0.2, 0.25) is 0 Å². The summed E-state index contributed by atoms with van der Waals surface area (Å²) in [4.78, 5) is 4.22. The molecule has 1 aliphatic rings. The Labute approximate surface area is 64.6 Å². The van der Waals surface area contributed by atoms with E-state index in [4.69, 9.17) is 0 Å². The summed E-state index contributed by atoms with van der Waals surface area (Å²) in [5, 5.41) is 2.02. The van der Waals surface area contributed by atoms with Crippen LogP contribution in [0.1, 0.15) is 12.8 Å². The molecule has 3 heteroatoms. The number of aryl methyl sites for hydroxylation is 1. The molecule has 0 bridgehead atoms. The van der Waals surface area contributed by atoms with E-state index in [0.717, 1.165) is 10.4 Å². The fraction of sp³-hybridized carbons (Fsp3) is 0.571. The van der Waals surface area contributed by atoms with Gasteiger partial charge in [0.25, 0.3) is 0 Å². The summed E-state index contributed by atoms with van der Waals surface area (Å²) in [6.07, 6.45) is 6.59. The molecule has 0 aromatic carbocycles. The number of imidazole rings is 1. The van der Waals surface area contributed by atoms with E-state index in [0.29, 0.717) is 0 Å². The van der Waals surface area contributed by atoms with Crippen molar-refractivity contribution in [3.63, 3.8) is 0 Å². The van der Waals surface area contributed by atoms with Crippen molar-refractivity contribution in [1.29, 1.82) is 0 Å². The minimum absolute atomic E-state index is 0.862. The van der Waals surface area contributed by atoms with Gasteiger partial charge < -0.3 is 4.57 Å². The minimum atomic E-state index is 0.862. The highest BCUT2D eigenvalue weighted by atomic mass is 32.2. The van der Waals surface area contributed by atoms with Crippen LogP contribution >= 0.6 is 11.8 Å². The molecule has 1 aromatic rings. The molecule has 0 amide bonds. The first kappa shape index (κ1) is 6.28. The van der Waals surface area contributed by atoms with E-state index in [9.17, 15) is 0 Å². The van der Waals surface area contributed by atoms with Gasteiger partial charge in [0.05, 0.1) is 0 Å². The second-order valence-electron chi connectivity index (χ2n) is 2.64. The molecule has 0 spiro atoms. The molecule has 1 aromatic heterocycles. The minimum Gasteiger partial charge on any atom is -0.329 e. The summed E-state index contributed by atoms with van der Waals surface area (Å²) in [6, 6.07) is 0. The standard InChI is InChI=1S/C7H10N2S/c1-9-5-4-8-7(9)10-6-2-3-6/h4-6H,2-3H2,1H3. The third-order valence-corrected chi connectivity index (χ3v) is 2.98. The molecule has 2 rings (SSSR count). The normalized spacial score (nSPS) is 17.7. The second-order valence-corrected chi connectivity index (χ2v) is 3.91. The van der Waals surface area contributed by atoms with Gasteiger partial charge in [-0.05, 0) is 12.8 Å². The van der Waals surface area contributed by atoms with Crippen molar-refractivity contribution in [2.24, 2.45) is 7.05 Å². The molecular formula is C7H10N2S. The molecule has 0 unspecified atom stereocenters. The van der Waals surface area contributed by atoms with Crippen molar-refractivity contribution >= 4 is 11.8 Å². The predicted octanol–water partition coefficient (Wildman–Crippen LogP) is 1.67. The van der Waals surface area contributed by atoms with Crippen LogP contribution in [0.25, 0.3) is 0 Å². The van der Waals surface area contributed by atoms with Gasteiger partial charge in [-0.25, -0.2) is 4.98 Å². The highest BCUT2D eigenvalue weighted by Crippen LogP contribution is 2.37. The first-order valence-corrected chi connectivity index (χ1v) is 4.38. The van der Waals surface area contributed by atoms with Crippen LogP contribution in [0.3, 0.4) is 0 Å². The van der Waals surface area contributed by atoms with Crippen LogP contribution in [-0.4, -0.2) is 14.8 Å². The van der Waals surface area contributed by atoms with Crippen molar-refractivity contribution < 1.29 is 0 Å². The number of hydrogen-bond donors (Lipinski definition) is 0. The number of aromatic nitrogens is 2. The molecule has 1 aliphatic carbocycles. The third kappa shape index (κ3) is 1.19. The van der Waals surface area contributed by atoms with E-state index in [-0.39, 0.29) is 0 Å². The van der Waals surface area contributed by atoms with Gasteiger partial charge in [-0.15, -0.1) is 0 Å². The van der Waals surface area contributed by atoms with Gasteiger partial charge >= 0.3 is 0 Å². The lowest BCUT2D eigenvalue weighted by atomic mass is 10.9. The van der Waals surface area contributed by atoms with E-state index in [1.165, 1.54) is 12.8 Å². The van der Waals surface area contributed by atoms with Crippen molar-refractivity contribution in [2.45, 2.75) is 23.2 Å². The largest absolute Gasteiger partial charge is 0.329 e. The quantitative estimate of drug-likeness (QED) is 0.645. The highest BCUT2D eigenvalue weighted by Gasteiger charge is 2.23. The molecule has 10 heavy (non-hydrogen) atoms. The van der Waals surface area contributed by atoms with Gasteiger partial charge in [-0.3, -0.25) is 0 Å². The van der Waals surface area contributed by atoms with Crippen LogP contribution in [0, 0.1) is 0 Å². The summed E-state index contributed by atoms with van der Waals surface area (Å²) in [5.74, 6) is 0. The molecule has 0 radical (unpaired) electrons. The van der Waals surface area contributed by atoms with Crippen LogP contribution in [0.4, 0.5) is 0 Å². The first-order chi connectivity index (χ1) is 4.86. The molecule has 1 heterocycles. The third-order valence-electron chi connectivity index (χ3n) is 1.57. The zero-order valence-corrected chi connectivity index (χ0v) is 6.77. The first-order valence-electron chi connectivity index (χ1n) is 3.50. The lowest BCUT2D eigenvalue weighted by molar-refractivity contribution is 0.790. The summed E-state index contributed by atoms with van der Waals surface area (Å²) in [7, 11) is 2.04. The van der Waals surface area contributed by atoms with Crippen molar-refractivity contribution in [1.82, 2.24) is 9.55 Å². The molecule has 0 N–H and O–H groups in total. The predicted molar refractivity (Wildman–Crippen MR) is 42.1 cm³/mol. The molecule has 0 saturated heterocycles. The smallest absolute Gasteiger partial charge is 0.167 e. The maximum absolute atomic E-state index is 4.22. The summed E-state index contributed by atoms with van der Waals surface area (Å²) < 4.78 is 2.07. The fourth-order valence-electron chi connectivity index (χ4n) is 0.800. The Balaban J connectivity index is 2.08. The maximum atomic E-state index is 4.22. The zero-order valence-electron chi connectivity index (χ0n) is 5.95. The van der Waals surface area contributed by atoms with Gasteiger partial charge in [-0.2, -0.15) is 0 Å². The fourth-order valence-corrected chi connectivity index (χ4v) is 1.82. The molecule has 0 atom stereocenters. The maximum Gasteiger partial charge on any atom is 0.167 e. The Kier molecular flexibility index (Phi) is 1.45. The number of thioether (sulfide) groups is 1. The van der Waals surface area contributed by atoms with Crippen LogP contribution in [-0.2, 0) is 7.05 Å². The highest BCUT2D eigenvalue weighted by molar-refractivity contribution is 8.00. The molecule has 2 nitrogen and oxygen atoms in total. The lowest BCUT2D eigenvalue weighted by Gasteiger charge is -1.96. The van der Waals surface area contributed by atoms with Crippen molar-refractivity contribution in [3.05, 3.63) is 12.4 Å². The lowest BCUT2D eigenvalue weighted by Crippen LogP contribution is -1.89. The SMILES string of the molecule is Cn1ccnc1SC1CC1. The molecule has 0 aliphatic heterocycles. The number of hydrogen-bond acceptors (Lipinski definition) is 2. The monoisotopic (exact) mass is 154 g/mol. The Morgan fingerprint density at radius 2 is 2.50 bits per heavy atom. The van der Waals surface area contributed by atoms with Crippen LogP contribution in [0.15, 0.2) is 17.6 Å². The van der Waals surface area contributed by atoms with Gasteiger partial charge in [0, 0.05) is 24.7 Å². The molecule has 1 saturated carbocycles. The van der Waals surface area contributed by atoms with Crippen LogP contribution in [0.5, 0.6) is 0 Å². The Morgan fingerprint density at radius 1 is 1.70 bits per heavy atom. The average Bonchev–Trinajstić information content (AvgIpc) is 2.62.